The third-order valence-electron chi connectivity index (χ3n) is 2.91. The van der Waals surface area contributed by atoms with Crippen LogP contribution in [0.4, 0.5) is 5.69 Å². The van der Waals surface area contributed by atoms with E-state index in [9.17, 15) is 0 Å². The summed E-state index contributed by atoms with van der Waals surface area (Å²) in [6.45, 7) is 0. The Morgan fingerprint density at radius 3 is 2.83 bits per heavy atom. The standard InChI is InChI=1S/C14H17N3O/c1-16-14(12-9-17-7-6-13(12)15)10-4-3-5-11(8-10)18-2/h3-9,14,16H,1-2H3,(H2,15,17). The third-order valence-corrected chi connectivity index (χ3v) is 2.91. The summed E-state index contributed by atoms with van der Waals surface area (Å²) >= 11 is 0. The lowest BCUT2D eigenvalue weighted by atomic mass is 9.99. The van der Waals surface area contributed by atoms with E-state index >= 15 is 0 Å². The van der Waals surface area contributed by atoms with Gasteiger partial charge in [0.05, 0.1) is 13.2 Å². The van der Waals surface area contributed by atoms with Gasteiger partial charge in [-0.3, -0.25) is 4.98 Å². The van der Waals surface area contributed by atoms with Crippen molar-refractivity contribution >= 4 is 5.69 Å². The number of nitrogens with zero attached hydrogens (tertiary/aromatic N) is 1. The fraction of sp³-hybridized carbons (Fsp3) is 0.214. The molecule has 1 heterocycles. The van der Waals surface area contributed by atoms with Crippen LogP contribution >= 0.6 is 0 Å². The highest BCUT2D eigenvalue weighted by atomic mass is 16.5. The second-order valence-corrected chi connectivity index (χ2v) is 4.00. The van der Waals surface area contributed by atoms with Crippen molar-refractivity contribution in [3.8, 4) is 5.75 Å². The summed E-state index contributed by atoms with van der Waals surface area (Å²) < 4.78 is 5.24. The molecule has 0 amide bonds. The van der Waals surface area contributed by atoms with Gasteiger partial charge in [0.2, 0.25) is 0 Å². The highest BCUT2D eigenvalue weighted by Crippen LogP contribution is 2.27. The maximum atomic E-state index is 5.99. The summed E-state index contributed by atoms with van der Waals surface area (Å²) in [6, 6.07) is 9.73. The predicted octanol–water partition coefficient (Wildman–Crippen LogP) is 1.98. The lowest BCUT2D eigenvalue weighted by Gasteiger charge is -2.19. The van der Waals surface area contributed by atoms with Crippen LogP contribution in [0.25, 0.3) is 0 Å². The van der Waals surface area contributed by atoms with Gasteiger partial charge in [-0.15, -0.1) is 0 Å². The average molecular weight is 243 g/mol. The monoisotopic (exact) mass is 243 g/mol. The molecule has 94 valence electrons. The third kappa shape index (κ3) is 2.43. The molecular weight excluding hydrogens is 226 g/mol. The first-order valence-electron chi connectivity index (χ1n) is 5.77. The lowest BCUT2D eigenvalue weighted by Crippen LogP contribution is -2.19. The van der Waals surface area contributed by atoms with E-state index in [4.69, 9.17) is 10.5 Å². The second-order valence-electron chi connectivity index (χ2n) is 4.00. The van der Waals surface area contributed by atoms with Crippen molar-refractivity contribution < 1.29 is 4.74 Å². The molecule has 0 saturated carbocycles. The van der Waals surface area contributed by atoms with E-state index in [0.717, 1.165) is 22.6 Å². The van der Waals surface area contributed by atoms with Gasteiger partial charge in [0, 0.05) is 23.6 Å². The van der Waals surface area contributed by atoms with Crippen molar-refractivity contribution in [3.63, 3.8) is 0 Å². The lowest BCUT2D eigenvalue weighted by molar-refractivity contribution is 0.414. The Morgan fingerprint density at radius 2 is 2.17 bits per heavy atom. The van der Waals surface area contributed by atoms with Crippen molar-refractivity contribution in [1.29, 1.82) is 0 Å². The molecule has 0 spiro atoms. The Labute approximate surface area is 107 Å². The minimum absolute atomic E-state index is 0.00815. The van der Waals surface area contributed by atoms with Gasteiger partial charge in [-0.1, -0.05) is 12.1 Å². The quantitative estimate of drug-likeness (QED) is 0.862. The van der Waals surface area contributed by atoms with Crippen LogP contribution in [0.1, 0.15) is 17.2 Å². The van der Waals surface area contributed by atoms with Gasteiger partial charge in [0.25, 0.3) is 0 Å². The summed E-state index contributed by atoms with van der Waals surface area (Å²) in [6.07, 6.45) is 3.48. The van der Waals surface area contributed by atoms with Gasteiger partial charge in [0.1, 0.15) is 5.75 Å². The largest absolute Gasteiger partial charge is 0.497 e. The van der Waals surface area contributed by atoms with E-state index in [2.05, 4.69) is 10.3 Å². The summed E-state index contributed by atoms with van der Waals surface area (Å²) in [5.74, 6) is 0.829. The minimum atomic E-state index is 0.00815. The Bertz CT molecular complexity index is 528. The van der Waals surface area contributed by atoms with Gasteiger partial charge < -0.3 is 15.8 Å². The molecular formula is C14H17N3O. The summed E-state index contributed by atoms with van der Waals surface area (Å²) in [5.41, 5.74) is 8.78. The number of pyridine rings is 1. The summed E-state index contributed by atoms with van der Waals surface area (Å²) in [7, 11) is 3.56. The van der Waals surface area contributed by atoms with E-state index in [-0.39, 0.29) is 6.04 Å². The normalized spacial score (nSPS) is 12.1. The zero-order valence-corrected chi connectivity index (χ0v) is 10.6. The van der Waals surface area contributed by atoms with Crippen molar-refractivity contribution in [2.24, 2.45) is 0 Å². The molecule has 1 aromatic heterocycles. The first kappa shape index (κ1) is 12.4. The van der Waals surface area contributed by atoms with Gasteiger partial charge >= 0.3 is 0 Å². The zero-order valence-electron chi connectivity index (χ0n) is 10.6. The number of benzene rings is 1. The van der Waals surface area contributed by atoms with Crippen LogP contribution in [0.15, 0.2) is 42.7 Å². The highest BCUT2D eigenvalue weighted by Gasteiger charge is 2.15. The van der Waals surface area contributed by atoms with Gasteiger partial charge in [-0.2, -0.15) is 0 Å². The van der Waals surface area contributed by atoms with E-state index in [0.29, 0.717) is 0 Å². The first-order chi connectivity index (χ1) is 8.76. The van der Waals surface area contributed by atoms with E-state index < -0.39 is 0 Å². The maximum absolute atomic E-state index is 5.99. The van der Waals surface area contributed by atoms with Gasteiger partial charge in [0.15, 0.2) is 0 Å². The number of ether oxygens (including phenoxy) is 1. The number of nitrogens with one attached hydrogen (secondary N) is 1. The van der Waals surface area contributed by atoms with Crippen LogP contribution in [0.5, 0.6) is 5.75 Å². The molecule has 0 saturated heterocycles. The van der Waals surface area contributed by atoms with E-state index in [1.165, 1.54) is 0 Å². The number of hydrogen-bond acceptors (Lipinski definition) is 4. The van der Waals surface area contributed by atoms with E-state index in [1.807, 2.05) is 31.3 Å². The fourth-order valence-electron chi connectivity index (χ4n) is 1.98. The second kappa shape index (κ2) is 5.51. The molecule has 4 nitrogen and oxygen atoms in total. The number of methoxy groups -OCH3 is 1. The SMILES string of the molecule is CNC(c1cccc(OC)c1)c1cnccc1N. The van der Waals surface area contributed by atoms with Crippen molar-refractivity contribution in [1.82, 2.24) is 10.3 Å². The molecule has 4 heteroatoms. The Hall–Kier alpha value is -2.07. The zero-order chi connectivity index (χ0) is 13.0. The Kier molecular flexibility index (Phi) is 3.79. The minimum Gasteiger partial charge on any atom is -0.497 e. The van der Waals surface area contributed by atoms with Crippen LogP contribution in [0.2, 0.25) is 0 Å². The molecule has 2 aromatic rings. The Balaban J connectivity index is 2.42. The predicted molar refractivity (Wildman–Crippen MR) is 72.5 cm³/mol. The molecule has 0 fully saturated rings. The molecule has 0 aliphatic rings. The fourth-order valence-corrected chi connectivity index (χ4v) is 1.98. The maximum Gasteiger partial charge on any atom is 0.119 e. The van der Waals surface area contributed by atoms with Crippen LogP contribution in [-0.2, 0) is 0 Å². The molecule has 1 unspecified atom stereocenters. The van der Waals surface area contributed by atoms with Gasteiger partial charge in [-0.25, -0.2) is 0 Å². The van der Waals surface area contributed by atoms with Crippen molar-refractivity contribution in [2.45, 2.75) is 6.04 Å². The number of anilines is 1. The van der Waals surface area contributed by atoms with Gasteiger partial charge in [-0.05, 0) is 30.8 Å². The van der Waals surface area contributed by atoms with Crippen LogP contribution in [-0.4, -0.2) is 19.1 Å². The molecule has 0 radical (unpaired) electrons. The van der Waals surface area contributed by atoms with Crippen LogP contribution in [0.3, 0.4) is 0 Å². The Morgan fingerprint density at radius 1 is 1.33 bits per heavy atom. The average Bonchev–Trinajstić information content (AvgIpc) is 2.42. The number of nitrogens with two attached hydrogens (primary N) is 1. The molecule has 3 N–H and O–H groups in total. The van der Waals surface area contributed by atoms with Crippen LogP contribution in [0, 0.1) is 0 Å². The van der Waals surface area contributed by atoms with Crippen molar-refractivity contribution in [3.05, 3.63) is 53.9 Å². The molecule has 1 aromatic carbocycles. The molecule has 18 heavy (non-hydrogen) atoms. The summed E-state index contributed by atoms with van der Waals surface area (Å²) in [4.78, 5) is 4.13. The number of aromatic nitrogens is 1. The van der Waals surface area contributed by atoms with Crippen molar-refractivity contribution in [2.75, 3.05) is 19.9 Å². The van der Waals surface area contributed by atoms with E-state index in [1.54, 1.807) is 25.6 Å². The number of rotatable bonds is 4. The molecule has 1 atom stereocenters. The highest BCUT2D eigenvalue weighted by molar-refractivity contribution is 5.50. The molecule has 0 bridgehead atoms. The molecule has 2 rings (SSSR count). The molecule has 0 aliphatic heterocycles. The molecule has 0 aliphatic carbocycles. The van der Waals surface area contributed by atoms with Crippen LogP contribution < -0.4 is 15.8 Å². The first-order valence-corrected chi connectivity index (χ1v) is 5.77. The number of hydrogen-bond donors (Lipinski definition) is 2. The smallest absolute Gasteiger partial charge is 0.119 e. The topological polar surface area (TPSA) is 60.2 Å². The summed E-state index contributed by atoms with van der Waals surface area (Å²) in [5, 5.41) is 3.25. The number of nitrogen functional groups attached to an aromatic ring is 1.